The number of anilines is 1. The van der Waals surface area contributed by atoms with Crippen LogP contribution in [0.2, 0.25) is 0 Å². The molecule has 5 nitrogen and oxygen atoms in total. The second-order valence-electron chi connectivity index (χ2n) is 5.67. The van der Waals surface area contributed by atoms with E-state index in [1.54, 1.807) is 24.3 Å². The molecule has 0 aliphatic carbocycles. The Kier molecular flexibility index (Phi) is 4.83. The Labute approximate surface area is 146 Å². The van der Waals surface area contributed by atoms with Gasteiger partial charge in [0, 0.05) is 11.1 Å². The van der Waals surface area contributed by atoms with Crippen LogP contribution in [-0.4, -0.2) is 20.4 Å². The Morgan fingerprint density at radius 1 is 0.880 bits per heavy atom. The number of hydrogen-bond acceptors (Lipinski definition) is 3. The van der Waals surface area contributed by atoms with Crippen LogP contribution in [0.1, 0.15) is 6.92 Å². The summed E-state index contributed by atoms with van der Waals surface area (Å²) in [6.07, 6.45) is 0. The molecule has 0 unspecified atom stereocenters. The Morgan fingerprint density at radius 2 is 1.52 bits per heavy atom. The van der Waals surface area contributed by atoms with Gasteiger partial charge in [0.2, 0.25) is 15.9 Å². The van der Waals surface area contributed by atoms with E-state index in [1.807, 2.05) is 36.4 Å². The summed E-state index contributed by atoms with van der Waals surface area (Å²) in [6, 6.07) is 20.3. The molecule has 0 aromatic heterocycles. The molecule has 0 spiro atoms. The average molecular weight is 354 g/mol. The number of amides is 1. The lowest BCUT2D eigenvalue weighted by atomic mass is 10.1. The van der Waals surface area contributed by atoms with Crippen LogP contribution in [0.4, 0.5) is 5.69 Å². The summed E-state index contributed by atoms with van der Waals surface area (Å²) in [5, 5.41) is 4.69. The zero-order valence-corrected chi connectivity index (χ0v) is 14.5. The molecule has 0 saturated heterocycles. The third-order valence-corrected chi connectivity index (χ3v) is 5.38. The maximum absolute atomic E-state index is 12.4. The van der Waals surface area contributed by atoms with E-state index >= 15 is 0 Å². The quantitative estimate of drug-likeness (QED) is 0.739. The molecule has 0 heterocycles. The van der Waals surface area contributed by atoms with E-state index in [9.17, 15) is 13.2 Å². The highest BCUT2D eigenvalue weighted by Gasteiger charge is 2.22. The zero-order valence-electron chi connectivity index (χ0n) is 13.6. The minimum Gasteiger partial charge on any atom is -0.324 e. The molecule has 3 rings (SSSR count). The second kappa shape index (κ2) is 7.04. The van der Waals surface area contributed by atoms with Gasteiger partial charge in [0.15, 0.2) is 0 Å². The first-order chi connectivity index (χ1) is 12.0. The first-order valence-electron chi connectivity index (χ1n) is 7.83. The standard InChI is InChI=1S/C19H18N2O3S/c1-14(21-25(23,24)16-10-3-2-4-11-16)19(22)20-18-13-7-9-15-8-5-6-12-17(15)18/h2-14,21H,1H3,(H,20,22)/t14-/m1/s1. The number of carbonyl (C=O) groups is 1. The number of fused-ring (bicyclic) bond motifs is 1. The SMILES string of the molecule is C[C@@H](NS(=O)(=O)c1ccccc1)C(=O)Nc1cccc2ccccc12. The lowest BCUT2D eigenvalue weighted by Crippen LogP contribution is -2.41. The monoisotopic (exact) mass is 354 g/mol. The van der Waals surface area contributed by atoms with Gasteiger partial charge in [0.05, 0.1) is 10.9 Å². The lowest BCUT2D eigenvalue weighted by molar-refractivity contribution is -0.117. The third-order valence-electron chi connectivity index (χ3n) is 3.83. The highest BCUT2D eigenvalue weighted by Crippen LogP contribution is 2.23. The van der Waals surface area contributed by atoms with Crippen molar-refractivity contribution >= 4 is 32.4 Å². The fourth-order valence-corrected chi connectivity index (χ4v) is 3.75. The predicted molar refractivity (Wildman–Crippen MR) is 98.8 cm³/mol. The Morgan fingerprint density at radius 3 is 2.28 bits per heavy atom. The molecular weight excluding hydrogens is 336 g/mol. The maximum Gasteiger partial charge on any atom is 0.242 e. The van der Waals surface area contributed by atoms with E-state index < -0.39 is 22.0 Å². The van der Waals surface area contributed by atoms with Crippen molar-refractivity contribution < 1.29 is 13.2 Å². The van der Waals surface area contributed by atoms with Gasteiger partial charge in [-0.3, -0.25) is 4.79 Å². The molecule has 1 amide bonds. The molecule has 0 fully saturated rings. The van der Waals surface area contributed by atoms with E-state index in [1.165, 1.54) is 19.1 Å². The molecule has 2 N–H and O–H groups in total. The Balaban J connectivity index is 1.77. The minimum absolute atomic E-state index is 0.125. The Bertz CT molecular complexity index is 996. The first kappa shape index (κ1) is 17.1. The summed E-state index contributed by atoms with van der Waals surface area (Å²) in [5.74, 6) is -0.421. The highest BCUT2D eigenvalue weighted by molar-refractivity contribution is 7.89. The van der Waals surface area contributed by atoms with E-state index in [-0.39, 0.29) is 4.90 Å². The molecule has 3 aromatic rings. The van der Waals surface area contributed by atoms with Gasteiger partial charge < -0.3 is 5.32 Å². The van der Waals surface area contributed by atoms with Crippen LogP contribution in [0, 0.1) is 0 Å². The van der Waals surface area contributed by atoms with E-state index in [4.69, 9.17) is 0 Å². The number of benzene rings is 3. The summed E-state index contributed by atoms with van der Waals surface area (Å²) >= 11 is 0. The van der Waals surface area contributed by atoms with Crippen molar-refractivity contribution in [1.82, 2.24) is 4.72 Å². The highest BCUT2D eigenvalue weighted by atomic mass is 32.2. The smallest absolute Gasteiger partial charge is 0.242 e. The van der Waals surface area contributed by atoms with Crippen LogP contribution < -0.4 is 10.0 Å². The van der Waals surface area contributed by atoms with Crippen molar-refractivity contribution in [2.75, 3.05) is 5.32 Å². The number of hydrogen-bond donors (Lipinski definition) is 2. The summed E-state index contributed by atoms with van der Waals surface area (Å²) < 4.78 is 27.0. The molecule has 25 heavy (non-hydrogen) atoms. The van der Waals surface area contributed by atoms with Gasteiger partial charge in [-0.2, -0.15) is 4.72 Å². The summed E-state index contributed by atoms with van der Waals surface area (Å²) in [4.78, 5) is 12.6. The van der Waals surface area contributed by atoms with Crippen molar-refractivity contribution in [1.29, 1.82) is 0 Å². The van der Waals surface area contributed by atoms with Gasteiger partial charge in [0.1, 0.15) is 0 Å². The van der Waals surface area contributed by atoms with Crippen LogP contribution in [0.5, 0.6) is 0 Å². The molecule has 0 bridgehead atoms. The van der Waals surface area contributed by atoms with E-state index in [2.05, 4.69) is 10.0 Å². The van der Waals surface area contributed by atoms with Crippen molar-refractivity contribution in [3.05, 3.63) is 72.8 Å². The lowest BCUT2D eigenvalue weighted by Gasteiger charge is -2.15. The molecule has 0 saturated carbocycles. The summed E-state index contributed by atoms with van der Waals surface area (Å²) in [7, 11) is -3.75. The normalized spacial score (nSPS) is 12.7. The van der Waals surface area contributed by atoms with Gasteiger partial charge in [-0.05, 0) is 30.5 Å². The van der Waals surface area contributed by atoms with E-state index in [0.29, 0.717) is 5.69 Å². The Hall–Kier alpha value is -2.70. The average Bonchev–Trinajstić information content (AvgIpc) is 2.62. The number of carbonyl (C=O) groups excluding carboxylic acids is 1. The molecule has 0 aliphatic heterocycles. The largest absolute Gasteiger partial charge is 0.324 e. The molecule has 128 valence electrons. The van der Waals surface area contributed by atoms with Crippen LogP contribution >= 0.6 is 0 Å². The molecule has 3 aromatic carbocycles. The fraction of sp³-hybridized carbons (Fsp3) is 0.105. The second-order valence-corrected chi connectivity index (χ2v) is 7.39. The predicted octanol–water partition coefficient (Wildman–Crippen LogP) is 3.15. The molecule has 1 atom stereocenters. The third kappa shape index (κ3) is 3.87. The molecule has 0 radical (unpaired) electrons. The van der Waals surface area contributed by atoms with Crippen molar-refractivity contribution in [3.63, 3.8) is 0 Å². The molecule has 0 aliphatic rings. The van der Waals surface area contributed by atoms with Gasteiger partial charge in [-0.25, -0.2) is 8.42 Å². The van der Waals surface area contributed by atoms with Crippen molar-refractivity contribution in [2.24, 2.45) is 0 Å². The number of sulfonamides is 1. The summed E-state index contributed by atoms with van der Waals surface area (Å²) in [6.45, 7) is 1.51. The van der Waals surface area contributed by atoms with Crippen LogP contribution in [0.25, 0.3) is 10.8 Å². The fourth-order valence-electron chi connectivity index (χ4n) is 2.53. The zero-order chi connectivity index (χ0) is 17.9. The van der Waals surface area contributed by atoms with Crippen molar-refractivity contribution in [2.45, 2.75) is 17.9 Å². The van der Waals surface area contributed by atoms with Gasteiger partial charge >= 0.3 is 0 Å². The maximum atomic E-state index is 12.4. The van der Waals surface area contributed by atoms with Crippen LogP contribution in [-0.2, 0) is 14.8 Å². The summed E-state index contributed by atoms with van der Waals surface area (Å²) in [5.41, 5.74) is 0.647. The topological polar surface area (TPSA) is 75.3 Å². The van der Waals surface area contributed by atoms with Gasteiger partial charge in [-0.1, -0.05) is 54.6 Å². The molecular formula is C19H18N2O3S. The van der Waals surface area contributed by atoms with Crippen LogP contribution in [0.15, 0.2) is 77.7 Å². The van der Waals surface area contributed by atoms with E-state index in [0.717, 1.165) is 10.8 Å². The number of rotatable bonds is 5. The molecule has 6 heteroatoms. The van der Waals surface area contributed by atoms with Crippen molar-refractivity contribution in [3.8, 4) is 0 Å². The van der Waals surface area contributed by atoms with Gasteiger partial charge in [0.25, 0.3) is 0 Å². The van der Waals surface area contributed by atoms with Gasteiger partial charge in [-0.15, -0.1) is 0 Å². The number of nitrogens with one attached hydrogen (secondary N) is 2. The van der Waals surface area contributed by atoms with Crippen LogP contribution in [0.3, 0.4) is 0 Å². The first-order valence-corrected chi connectivity index (χ1v) is 9.32. The minimum atomic E-state index is -3.75.